The Balaban J connectivity index is 2.05. The first-order chi connectivity index (χ1) is 11.2. The third-order valence-corrected chi connectivity index (χ3v) is 5.32. The van der Waals surface area contributed by atoms with Gasteiger partial charge in [0.1, 0.15) is 10.6 Å². The van der Waals surface area contributed by atoms with Crippen molar-refractivity contribution in [2.75, 3.05) is 25.2 Å². The molecule has 24 heavy (non-hydrogen) atoms. The molecule has 9 heteroatoms. The summed E-state index contributed by atoms with van der Waals surface area (Å²) < 4.78 is 31.9. The SMILES string of the molecule is CNc1snc(C)c1C(=O)OCC(=O)c1ccc(S(C)(=O)=O)cc1. The standard InChI is InChI=1S/C15H16N2O5S2/c1-9-13(14(16-2)23-17-9)15(19)22-8-12(18)10-4-6-11(7-5-10)24(3,20)21/h4-7,16H,8H2,1-3H3. The summed E-state index contributed by atoms with van der Waals surface area (Å²) in [5, 5.41) is 3.42. The highest BCUT2D eigenvalue weighted by Crippen LogP contribution is 2.24. The highest BCUT2D eigenvalue weighted by Gasteiger charge is 2.20. The molecule has 0 unspecified atom stereocenters. The van der Waals surface area contributed by atoms with Crippen molar-refractivity contribution >= 4 is 38.1 Å². The Bertz CT molecular complexity index is 870. The monoisotopic (exact) mass is 368 g/mol. The third kappa shape index (κ3) is 3.98. The molecule has 0 saturated carbocycles. The number of carbonyl (C=O) groups is 2. The van der Waals surface area contributed by atoms with Crippen LogP contribution in [-0.4, -0.2) is 44.5 Å². The van der Waals surface area contributed by atoms with Crippen molar-refractivity contribution in [1.82, 2.24) is 4.37 Å². The highest BCUT2D eigenvalue weighted by molar-refractivity contribution is 7.90. The van der Waals surface area contributed by atoms with Crippen molar-refractivity contribution in [2.45, 2.75) is 11.8 Å². The smallest absolute Gasteiger partial charge is 0.343 e. The van der Waals surface area contributed by atoms with Gasteiger partial charge in [0.2, 0.25) is 0 Å². The van der Waals surface area contributed by atoms with Crippen molar-refractivity contribution < 1.29 is 22.7 Å². The molecule has 0 saturated heterocycles. The lowest BCUT2D eigenvalue weighted by Crippen LogP contribution is -2.15. The van der Waals surface area contributed by atoms with Gasteiger partial charge in [-0.15, -0.1) is 0 Å². The van der Waals surface area contributed by atoms with Gasteiger partial charge in [-0.25, -0.2) is 13.2 Å². The fourth-order valence-electron chi connectivity index (χ4n) is 1.96. The molecule has 2 rings (SSSR count). The molecule has 0 radical (unpaired) electrons. The minimum atomic E-state index is -3.32. The normalized spacial score (nSPS) is 11.1. The van der Waals surface area contributed by atoms with Crippen LogP contribution in [0.15, 0.2) is 29.2 Å². The first-order valence-electron chi connectivity index (χ1n) is 6.88. The number of ketones is 1. The second kappa shape index (κ2) is 7.10. The van der Waals surface area contributed by atoms with Gasteiger partial charge < -0.3 is 10.1 Å². The number of nitrogens with zero attached hydrogens (tertiary/aromatic N) is 1. The van der Waals surface area contributed by atoms with Crippen LogP contribution in [0.4, 0.5) is 5.00 Å². The number of nitrogens with one attached hydrogen (secondary N) is 1. The first kappa shape index (κ1) is 18.1. The van der Waals surface area contributed by atoms with Crippen LogP contribution < -0.4 is 5.32 Å². The molecule has 0 amide bonds. The van der Waals surface area contributed by atoms with Gasteiger partial charge >= 0.3 is 5.97 Å². The predicted molar refractivity (Wildman–Crippen MR) is 90.6 cm³/mol. The molecule has 0 spiro atoms. The molecule has 2 aromatic rings. The van der Waals surface area contributed by atoms with E-state index >= 15 is 0 Å². The summed E-state index contributed by atoms with van der Waals surface area (Å²) in [6.07, 6.45) is 1.09. The van der Waals surface area contributed by atoms with Crippen molar-refractivity contribution in [3.63, 3.8) is 0 Å². The summed E-state index contributed by atoms with van der Waals surface area (Å²) in [4.78, 5) is 24.3. The summed E-state index contributed by atoms with van der Waals surface area (Å²) in [5.41, 5.74) is 1.10. The molecule has 7 nitrogen and oxygen atoms in total. The van der Waals surface area contributed by atoms with Gasteiger partial charge in [0, 0.05) is 18.9 Å². The number of Topliss-reactive ketones (excluding diaryl/α,β-unsaturated/α-hetero) is 1. The van der Waals surface area contributed by atoms with Gasteiger partial charge in [0.15, 0.2) is 22.2 Å². The van der Waals surface area contributed by atoms with Crippen LogP contribution in [0.5, 0.6) is 0 Å². The van der Waals surface area contributed by atoms with E-state index in [1.54, 1.807) is 14.0 Å². The van der Waals surface area contributed by atoms with Crippen LogP contribution in [-0.2, 0) is 14.6 Å². The fraction of sp³-hybridized carbons (Fsp3) is 0.267. The van der Waals surface area contributed by atoms with Gasteiger partial charge in [-0.3, -0.25) is 4.79 Å². The lowest BCUT2D eigenvalue weighted by atomic mass is 10.1. The van der Waals surface area contributed by atoms with Crippen molar-refractivity contribution in [3.8, 4) is 0 Å². The number of hydrogen-bond acceptors (Lipinski definition) is 8. The number of ether oxygens (including phenoxy) is 1. The average Bonchev–Trinajstić information content (AvgIpc) is 2.92. The minimum Gasteiger partial charge on any atom is -0.454 e. The maximum Gasteiger partial charge on any atom is 0.343 e. The van der Waals surface area contributed by atoms with Gasteiger partial charge in [-0.05, 0) is 42.7 Å². The van der Waals surface area contributed by atoms with E-state index in [1.807, 2.05) is 0 Å². The third-order valence-electron chi connectivity index (χ3n) is 3.23. The Hall–Kier alpha value is -2.26. The predicted octanol–water partition coefficient (Wildman–Crippen LogP) is 1.94. The highest BCUT2D eigenvalue weighted by atomic mass is 32.2. The Labute approximate surface area is 143 Å². The van der Waals surface area contributed by atoms with E-state index in [0.29, 0.717) is 16.3 Å². The van der Waals surface area contributed by atoms with Crippen LogP contribution in [0.3, 0.4) is 0 Å². The molecule has 0 bridgehead atoms. The number of sulfone groups is 1. The summed E-state index contributed by atoms with van der Waals surface area (Å²) in [5.74, 6) is -1.05. The molecule has 0 aliphatic heterocycles. The van der Waals surface area contributed by atoms with Gasteiger partial charge in [-0.2, -0.15) is 4.37 Å². The van der Waals surface area contributed by atoms with E-state index in [0.717, 1.165) is 17.8 Å². The van der Waals surface area contributed by atoms with Gasteiger partial charge in [0.05, 0.1) is 10.6 Å². The van der Waals surface area contributed by atoms with Crippen molar-refractivity contribution in [2.24, 2.45) is 0 Å². The number of esters is 1. The summed E-state index contributed by atoms with van der Waals surface area (Å²) in [6.45, 7) is 1.25. The van der Waals surface area contributed by atoms with Gasteiger partial charge in [0.25, 0.3) is 0 Å². The zero-order valence-corrected chi connectivity index (χ0v) is 15.0. The second-order valence-corrected chi connectivity index (χ2v) is 7.81. The fourth-order valence-corrected chi connectivity index (χ4v) is 3.32. The van der Waals surface area contributed by atoms with E-state index in [9.17, 15) is 18.0 Å². The van der Waals surface area contributed by atoms with Crippen LogP contribution in [0.1, 0.15) is 26.4 Å². The number of aromatic nitrogens is 1. The van der Waals surface area contributed by atoms with Crippen molar-refractivity contribution in [3.05, 3.63) is 41.1 Å². The maximum absolute atomic E-state index is 12.1. The van der Waals surface area contributed by atoms with Crippen LogP contribution in [0.25, 0.3) is 0 Å². The molecule has 1 aromatic heterocycles. The molecule has 0 fully saturated rings. The lowest BCUT2D eigenvalue weighted by molar-refractivity contribution is 0.0475. The largest absolute Gasteiger partial charge is 0.454 e. The Morgan fingerprint density at radius 1 is 1.25 bits per heavy atom. The Morgan fingerprint density at radius 2 is 1.88 bits per heavy atom. The number of anilines is 1. The molecule has 0 aliphatic carbocycles. The molecule has 1 heterocycles. The first-order valence-corrected chi connectivity index (χ1v) is 9.55. The van der Waals surface area contributed by atoms with Gasteiger partial charge in [-0.1, -0.05) is 0 Å². The minimum absolute atomic E-state index is 0.120. The number of hydrogen-bond donors (Lipinski definition) is 1. The Morgan fingerprint density at radius 3 is 2.42 bits per heavy atom. The number of aryl methyl sites for hydroxylation is 1. The zero-order chi connectivity index (χ0) is 17.9. The molecule has 0 atom stereocenters. The quantitative estimate of drug-likeness (QED) is 0.614. The summed E-state index contributed by atoms with van der Waals surface area (Å²) >= 11 is 1.14. The topological polar surface area (TPSA) is 102 Å². The molecule has 1 N–H and O–H groups in total. The molecule has 0 aliphatic rings. The van der Waals surface area contributed by atoms with E-state index < -0.39 is 28.2 Å². The Kier molecular flexibility index (Phi) is 5.35. The van der Waals surface area contributed by atoms with E-state index in [4.69, 9.17) is 4.74 Å². The number of rotatable bonds is 6. The van der Waals surface area contributed by atoms with E-state index in [2.05, 4.69) is 9.69 Å². The number of carbonyl (C=O) groups excluding carboxylic acids is 2. The van der Waals surface area contributed by atoms with E-state index in [1.165, 1.54) is 24.3 Å². The zero-order valence-electron chi connectivity index (χ0n) is 13.3. The molecular weight excluding hydrogens is 352 g/mol. The average molecular weight is 368 g/mol. The lowest BCUT2D eigenvalue weighted by Gasteiger charge is -2.06. The second-order valence-electron chi connectivity index (χ2n) is 5.02. The number of benzene rings is 1. The van der Waals surface area contributed by atoms with Crippen LogP contribution in [0.2, 0.25) is 0 Å². The summed E-state index contributed by atoms with van der Waals surface area (Å²) in [7, 11) is -1.66. The van der Waals surface area contributed by atoms with Crippen molar-refractivity contribution in [1.29, 1.82) is 0 Å². The van der Waals surface area contributed by atoms with Crippen LogP contribution >= 0.6 is 11.5 Å². The summed E-state index contributed by atoms with van der Waals surface area (Å²) in [6, 6.07) is 5.47. The molecule has 128 valence electrons. The molecule has 1 aromatic carbocycles. The maximum atomic E-state index is 12.1. The van der Waals surface area contributed by atoms with E-state index in [-0.39, 0.29) is 10.5 Å². The molecular formula is C15H16N2O5S2. The van der Waals surface area contributed by atoms with Crippen LogP contribution in [0, 0.1) is 6.92 Å².